The Morgan fingerprint density at radius 2 is 1.89 bits per heavy atom. The summed E-state index contributed by atoms with van der Waals surface area (Å²) < 4.78 is 27.3. The summed E-state index contributed by atoms with van der Waals surface area (Å²) in [6.45, 7) is 5.53. The minimum absolute atomic E-state index is 0.0473. The van der Waals surface area contributed by atoms with Gasteiger partial charge in [-0.25, -0.2) is 8.78 Å². The van der Waals surface area contributed by atoms with Crippen molar-refractivity contribution in [1.29, 1.82) is 0 Å². The molecule has 0 aliphatic heterocycles. The lowest BCUT2D eigenvalue weighted by Gasteiger charge is -2.16. The summed E-state index contributed by atoms with van der Waals surface area (Å²) in [5.41, 5.74) is -0.347. The molecule has 0 radical (unpaired) electrons. The van der Waals surface area contributed by atoms with Crippen LogP contribution in [0.3, 0.4) is 0 Å². The van der Waals surface area contributed by atoms with Gasteiger partial charge in [-0.05, 0) is 40.9 Å². The van der Waals surface area contributed by atoms with Crippen LogP contribution in [0.15, 0.2) is 16.6 Å². The fourth-order valence-corrected chi connectivity index (χ4v) is 1.97. The maximum atomic E-state index is 13.6. The second-order valence-electron chi connectivity index (χ2n) is 5.35. The van der Waals surface area contributed by atoms with Crippen molar-refractivity contribution in [2.24, 2.45) is 5.41 Å². The molecule has 1 aromatic carbocycles. The molecule has 0 N–H and O–H groups in total. The van der Waals surface area contributed by atoms with Crippen LogP contribution in [0.5, 0.6) is 0 Å². The van der Waals surface area contributed by atoms with Crippen molar-refractivity contribution in [3.8, 4) is 0 Å². The van der Waals surface area contributed by atoms with Crippen molar-refractivity contribution in [2.75, 3.05) is 0 Å². The van der Waals surface area contributed by atoms with E-state index in [9.17, 15) is 13.6 Å². The molecule has 0 saturated heterocycles. The van der Waals surface area contributed by atoms with E-state index >= 15 is 0 Å². The summed E-state index contributed by atoms with van der Waals surface area (Å²) in [5, 5.41) is 0. The third-order valence-corrected chi connectivity index (χ3v) is 3.42. The fourth-order valence-electron chi connectivity index (χ4n) is 1.60. The normalized spacial score (nSPS) is 11.7. The zero-order valence-corrected chi connectivity index (χ0v) is 12.4. The van der Waals surface area contributed by atoms with E-state index in [2.05, 4.69) is 15.9 Å². The van der Waals surface area contributed by atoms with Crippen molar-refractivity contribution in [3.05, 3.63) is 33.8 Å². The second-order valence-corrected chi connectivity index (χ2v) is 6.20. The minimum atomic E-state index is -0.571. The minimum Gasteiger partial charge on any atom is -0.299 e. The number of ketones is 1. The number of carbonyl (C=O) groups is 1. The zero-order chi connectivity index (χ0) is 13.9. The molecule has 0 aromatic heterocycles. The number of Topliss-reactive ketones (excluding diaryl/α,β-unsaturated/α-hetero) is 1. The van der Waals surface area contributed by atoms with Crippen LogP contribution in [0.4, 0.5) is 8.78 Å². The molecule has 1 nitrogen and oxygen atoms in total. The SMILES string of the molecule is CC(C)(C)C(=O)CCCc1c(F)ccc(Br)c1F. The average molecular weight is 319 g/mol. The van der Waals surface area contributed by atoms with E-state index in [1.807, 2.05) is 20.8 Å². The lowest BCUT2D eigenvalue weighted by molar-refractivity contribution is -0.126. The van der Waals surface area contributed by atoms with Gasteiger partial charge in [0.15, 0.2) is 0 Å². The predicted molar refractivity (Wildman–Crippen MR) is 71.5 cm³/mol. The van der Waals surface area contributed by atoms with Crippen molar-refractivity contribution in [3.63, 3.8) is 0 Å². The Balaban J connectivity index is 2.65. The number of carbonyl (C=O) groups excluding carboxylic acids is 1. The quantitative estimate of drug-likeness (QED) is 0.737. The van der Waals surface area contributed by atoms with Gasteiger partial charge in [0.2, 0.25) is 0 Å². The lowest BCUT2D eigenvalue weighted by Crippen LogP contribution is -2.19. The predicted octanol–water partition coefficient (Wildman–Crippen LogP) is 4.67. The summed E-state index contributed by atoms with van der Waals surface area (Å²) in [5.74, 6) is -1.02. The van der Waals surface area contributed by atoms with Crippen LogP contribution in [0, 0.1) is 17.0 Å². The first-order chi connectivity index (χ1) is 8.23. The van der Waals surface area contributed by atoms with E-state index in [4.69, 9.17) is 0 Å². The average Bonchev–Trinajstić information content (AvgIpc) is 2.27. The van der Waals surface area contributed by atoms with E-state index in [0.717, 1.165) is 0 Å². The molecule has 0 amide bonds. The Labute approximate surface area is 115 Å². The summed E-state index contributed by atoms with van der Waals surface area (Å²) in [4.78, 5) is 11.7. The molecule has 4 heteroatoms. The highest BCUT2D eigenvalue weighted by Crippen LogP contribution is 2.24. The Bertz CT molecular complexity index is 450. The van der Waals surface area contributed by atoms with Gasteiger partial charge in [0.05, 0.1) is 4.47 Å². The van der Waals surface area contributed by atoms with Gasteiger partial charge < -0.3 is 0 Å². The van der Waals surface area contributed by atoms with Crippen molar-refractivity contribution in [1.82, 2.24) is 0 Å². The molecular weight excluding hydrogens is 302 g/mol. The Morgan fingerprint density at radius 1 is 1.28 bits per heavy atom. The summed E-state index contributed by atoms with van der Waals surface area (Å²) >= 11 is 3.02. The molecule has 1 aromatic rings. The summed E-state index contributed by atoms with van der Waals surface area (Å²) in [6, 6.07) is 2.57. The van der Waals surface area contributed by atoms with E-state index in [-0.39, 0.29) is 22.2 Å². The molecule has 0 aliphatic carbocycles. The van der Waals surface area contributed by atoms with Gasteiger partial charge in [0.25, 0.3) is 0 Å². The Kier molecular flexibility index (Phi) is 5.02. The first kappa shape index (κ1) is 15.3. The molecule has 0 unspecified atom stereocenters. The van der Waals surface area contributed by atoms with E-state index in [1.54, 1.807) is 0 Å². The molecule has 100 valence electrons. The molecule has 0 saturated carbocycles. The zero-order valence-electron chi connectivity index (χ0n) is 10.8. The van der Waals surface area contributed by atoms with Crippen molar-refractivity contribution in [2.45, 2.75) is 40.0 Å². The molecule has 0 bridgehead atoms. The van der Waals surface area contributed by atoms with Crippen LogP contribution in [0.25, 0.3) is 0 Å². The maximum Gasteiger partial charge on any atom is 0.143 e. The largest absolute Gasteiger partial charge is 0.299 e. The molecule has 0 aliphatic rings. The van der Waals surface area contributed by atoms with Crippen molar-refractivity contribution >= 4 is 21.7 Å². The van der Waals surface area contributed by atoms with Crippen LogP contribution >= 0.6 is 15.9 Å². The van der Waals surface area contributed by atoms with Gasteiger partial charge >= 0.3 is 0 Å². The monoisotopic (exact) mass is 318 g/mol. The Morgan fingerprint density at radius 3 is 2.44 bits per heavy atom. The number of benzene rings is 1. The highest BCUT2D eigenvalue weighted by atomic mass is 79.9. The van der Waals surface area contributed by atoms with Gasteiger partial charge in [-0.3, -0.25) is 4.79 Å². The lowest BCUT2D eigenvalue weighted by atomic mass is 9.87. The van der Waals surface area contributed by atoms with Gasteiger partial charge in [0.1, 0.15) is 17.4 Å². The number of hydrogen-bond donors (Lipinski definition) is 0. The third-order valence-electron chi connectivity index (χ3n) is 2.81. The molecule has 0 atom stereocenters. The third kappa shape index (κ3) is 3.87. The summed E-state index contributed by atoms with van der Waals surface area (Å²) in [7, 11) is 0. The highest BCUT2D eigenvalue weighted by Gasteiger charge is 2.21. The standard InChI is InChI=1S/C14H17BrF2O/c1-14(2,3)12(18)6-4-5-9-11(16)8-7-10(15)13(9)17/h7-8H,4-6H2,1-3H3. The van der Waals surface area contributed by atoms with Crippen LogP contribution in [-0.4, -0.2) is 5.78 Å². The van der Waals surface area contributed by atoms with E-state index < -0.39 is 17.0 Å². The number of hydrogen-bond acceptors (Lipinski definition) is 1. The van der Waals surface area contributed by atoms with Gasteiger partial charge in [-0.15, -0.1) is 0 Å². The maximum absolute atomic E-state index is 13.6. The van der Waals surface area contributed by atoms with Gasteiger partial charge in [0, 0.05) is 17.4 Å². The Hall–Kier alpha value is -0.770. The molecule has 0 heterocycles. The number of halogens is 3. The highest BCUT2D eigenvalue weighted by molar-refractivity contribution is 9.10. The number of rotatable bonds is 4. The topological polar surface area (TPSA) is 17.1 Å². The molecule has 1 rings (SSSR count). The van der Waals surface area contributed by atoms with Crippen LogP contribution in [0.2, 0.25) is 0 Å². The molecule has 0 fully saturated rings. The molecule has 0 spiro atoms. The fraction of sp³-hybridized carbons (Fsp3) is 0.500. The van der Waals surface area contributed by atoms with Crippen LogP contribution in [-0.2, 0) is 11.2 Å². The van der Waals surface area contributed by atoms with Crippen LogP contribution in [0.1, 0.15) is 39.2 Å². The first-order valence-corrected chi connectivity index (χ1v) is 6.68. The van der Waals surface area contributed by atoms with E-state index in [1.165, 1.54) is 12.1 Å². The van der Waals surface area contributed by atoms with Crippen LogP contribution < -0.4 is 0 Å². The van der Waals surface area contributed by atoms with E-state index in [0.29, 0.717) is 12.8 Å². The van der Waals surface area contributed by atoms with Gasteiger partial charge in [-0.2, -0.15) is 0 Å². The van der Waals surface area contributed by atoms with Crippen molar-refractivity contribution < 1.29 is 13.6 Å². The molecule has 18 heavy (non-hydrogen) atoms. The molecular formula is C14H17BrF2O. The first-order valence-electron chi connectivity index (χ1n) is 5.89. The van der Waals surface area contributed by atoms with Gasteiger partial charge in [-0.1, -0.05) is 20.8 Å². The smallest absolute Gasteiger partial charge is 0.143 e. The summed E-state index contributed by atoms with van der Waals surface area (Å²) in [6.07, 6.45) is 1.04. The second kappa shape index (κ2) is 5.91.